The molecule has 0 fully saturated rings. The first-order valence-corrected chi connectivity index (χ1v) is 10.4. The van der Waals surface area contributed by atoms with Crippen LogP contribution in [0.3, 0.4) is 0 Å². The van der Waals surface area contributed by atoms with Crippen molar-refractivity contribution in [3.63, 3.8) is 0 Å². The minimum atomic E-state index is -2.77. The van der Waals surface area contributed by atoms with Crippen LogP contribution in [0.15, 0.2) is 34.8 Å². The molecule has 2 atom stereocenters. The van der Waals surface area contributed by atoms with Gasteiger partial charge in [-0.25, -0.2) is 22.9 Å². The van der Waals surface area contributed by atoms with E-state index in [1.807, 2.05) is 0 Å². The number of alkyl halides is 2. The second-order valence-corrected chi connectivity index (χ2v) is 7.98. The lowest BCUT2D eigenvalue weighted by molar-refractivity contribution is -0.118. The minimum absolute atomic E-state index is 0.0248. The fraction of sp³-hybridized carbons (Fsp3) is 0.300. The number of hydrogen-bond donors (Lipinski definition) is 2. The summed E-state index contributed by atoms with van der Waals surface area (Å²) in [5, 5.41) is 4.05. The molecule has 0 saturated heterocycles. The molecule has 32 heavy (non-hydrogen) atoms. The molecule has 4 rings (SSSR count). The molecule has 12 heteroatoms. The molecular weight excluding hydrogens is 447 g/mol. The van der Waals surface area contributed by atoms with E-state index in [1.54, 1.807) is 16.6 Å². The quantitative estimate of drug-likeness (QED) is 0.655. The number of hydrogen-bond acceptors (Lipinski definition) is 7. The third kappa shape index (κ3) is 3.82. The number of fused-ring (bicyclic) bond motifs is 3. The Balaban J connectivity index is 1.77. The van der Waals surface area contributed by atoms with Crippen molar-refractivity contribution < 1.29 is 27.5 Å². The van der Waals surface area contributed by atoms with Gasteiger partial charge in [0.1, 0.15) is 24.5 Å². The number of primary amides is 1. The number of anilines is 2. The highest BCUT2D eigenvalue weighted by molar-refractivity contribution is 8.06. The number of carbonyl (C=O) groups excluding carboxylic acids is 2. The van der Waals surface area contributed by atoms with Crippen LogP contribution in [0.4, 0.5) is 24.7 Å². The van der Waals surface area contributed by atoms with Crippen molar-refractivity contribution in [3.05, 3.63) is 40.7 Å². The van der Waals surface area contributed by atoms with E-state index in [2.05, 4.69) is 10.3 Å². The van der Waals surface area contributed by atoms with Gasteiger partial charge in [0, 0.05) is 6.20 Å². The summed E-state index contributed by atoms with van der Waals surface area (Å²) in [5.41, 5.74) is 5.55. The molecule has 168 valence electrons. The third-order valence-corrected chi connectivity index (χ3v) is 5.84. The van der Waals surface area contributed by atoms with E-state index in [4.69, 9.17) is 10.5 Å². The summed E-state index contributed by atoms with van der Waals surface area (Å²) in [6, 6.07) is 0.764. The van der Waals surface area contributed by atoms with E-state index >= 15 is 4.39 Å². The summed E-state index contributed by atoms with van der Waals surface area (Å²) >= 11 is 0.960. The topological polar surface area (TPSA) is 102 Å². The predicted octanol–water partition coefficient (Wildman–Crippen LogP) is 2.74. The van der Waals surface area contributed by atoms with Crippen molar-refractivity contribution in [3.8, 4) is 17.1 Å². The van der Waals surface area contributed by atoms with Gasteiger partial charge < -0.3 is 20.4 Å². The van der Waals surface area contributed by atoms with Crippen LogP contribution < -0.4 is 20.7 Å². The Hall–Kier alpha value is -3.37. The summed E-state index contributed by atoms with van der Waals surface area (Å²) in [6.07, 6.45) is 0.0281. The first kappa shape index (κ1) is 21.8. The van der Waals surface area contributed by atoms with Crippen molar-refractivity contribution in [2.45, 2.75) is 32.0 Å². The van der Waals surface area contributed by atoms with Crippen LogP contribution in [0.1, 0.15) is 6.92 Å². The lowest BCUT2D eigenvalue weighted by Gasteiger charge is -2.31. The highest BCUT2D eigenvalue weighted by atomic mass is 32.2. The first-order chi connectivity index (χ1) is 15.3. The predicted molar refractivity (Wildman–Crippen MR) is 114 cm³/mol. The van der Waals surface area contributed by atoms with Crippen molar-refractivity contribution in [2.24, 2.45) is 5.73 Å². The molecule has 1 aromatic carbocycles. The number of halogens is 3. The van der Waals surface area contributed by atoms with Gasteiger partial charge in [-0.05, 0) is 30.5 Å². The standard InChI is InChI=1S/C20H18F3N5O3S/c1-10(19(24)30)25-12-3-2-11-17(16(12)21)31-6-5-27-8-14(26-20(11)27)28-13(18(22)23)4-7-32-15(28)9-29/h2-4,7-8,10,13,18,25H,5-6H2,1H3,(H2,24,30)/t10-,13-/m0/s1. The molecule has 0 unspecified atom stereocenters. The number of nitrogens with zero attached hydrogens (tertiary/aromatic N) is 3. The van der Waals surface area contributed by atoms with E-state index < -0.39 is 30.2 Å². The zero-order valence-electron chi connectivity index (χ0n) is 16.7. The van der Waals surface area contributed by atoms with Gasteiger partial charge >= 0.3 is 0 Å². The Bertz CT molecular complexity index is 1150. The van der Waals surface area contributed by atoms with Gasteiger partial charge in [-0.15, -0.1) is 0 Å². The average Bonchev–Trinajstić information content (AvgIpc) is 3.10. The fourth-order valence-corrected chi connectivity index (χ4v) is 4.17. The Morgan fingerprint density at radius 3 is 2.91 bits per heavy atom. The Morgan fingerprint density at radius 1 is 1.44 bits per heavy atom. The van der Waals surface area contributed by atoms with E-state index in [1.165, 1.54) is 30.7 Å². The second-order valence-electron chi connectivity index (χ2n) is 7.09. The molecule has 2 aliphatic heterocycles. The lowest BCUT2D eigenvalue weighted by atomic mass is 10.1. The van der Waals surface area contributed by atoms with Crippen molar-refractivity contribution in [1.82, 2.24) is 9.55 Å². The zero-order valence-corrected chi connectivity index (χ0v) is 17.5. The van der Waals surface area contributed by atoms with Crippen LogP contribution >= 0.6 is 11.8 Å². The summed E-state index contributed by atoms with van der Waals surface area (Å²) in [4.78, 5) is 28.2. The first-order valence-electron chi connectivity index (χ1n) is 9.56. The number of benzene rings is 1. The molecule has 0 aliphatic carbocycles. The summed E-state index contributed by atoms with van der Waals surface area (Å²) in [7, 11) is 0. The Morgan fingerprint density at radius 2 is 2.22 bits per heavy atom. The minimum Gasteiger partial charge on any atom is -0.488 e. The maximum Gasteiger partial charge on any atom is 0.262 e. The van der Waals surface area contributed by atoms with Crippen LogP contribution in [0.25, 0.3) is 11.4 Å². The Labute approximate surface area is 184 Å². The number of carbonyl (C=O) groups is 1. The number of aromatic nitrogens is 2. The number of amides is 1. The lowest BCUT2D eigenvalue weighted by Crippen LogP contribution is -2.39. The zero-order chi connectivity index (χ0) is 23.0. The maximum atomic E-state index is 15.1. The van der Waals surface area contributed by atoms with Gasteiger partial charge in [-0.2, -0.15) is 0 Å². The van der Waals surface area contributed by atoms with E-state index in [-0.39, 0.29) is 35.4 Å². The molecule has 1 amide bonds. The van der Waals surface area contributed by atoms with Gasteiger partial charge in [0.25, 0.3) is 6.43 Å². The van der Waals surface area contributed by atoms with Gasteiger partial charge in [-0.1, -0.05) is 11.8 Å². The maximum absolute atomic E-state index is 15.1. The highest BCUT2D eigenvalue weighted by Gasteiger charge is 2.34. The van der Waals surface area contributed by atoms with Crippen molar-refractivity contribution in [2.75, 3.05) is 16.8 Å². The third-order valence-electron chi connectivity index (χ3n) is 5.04. The van der Waals surface area contributed by atoms with Gasteiger partial charge in [0.2, 0.25) is 5.91 Å². The number of nitrogens with one attached hydrogen (secondary N) is 1. The van der Waals surface area contributed by atoms with Crippen molar-refractivity contribution in [1.29, 1.82) is 0 Å². The summed E-state index contributed by atoms with van der Waals surface area (Å²) in [5.74, 6) is 0.610. The van der Waals surface area contributed by atoms with Crippen molar-refractivity contribution >= 4 is 35.1 Å². The number of thioether (sulfide) groups is 1. The number of nitrogens with two attached hydrogens (primary N) is 1. The summed E-state index contributed by atoms with van der Waals surface area (Å²) < 4.78 is 49.6. The van der Waals surface area contributed by atoms with Gasteiger partial charge in [0.15, 0.2) is 28.4 Å². The molecule has 0 radical (unpaired) electrons. The fourth-order valence-electron chi connectivity index (χ4n) is 3.43. The average molecular weight is 465 g/mol. The Kier molecular flexibility index (Phi) is 5.90. The molecule has 1 aromatic heterocycles. The van der Waals surface area contributed by atoms with Crippen LogP contribution in [-0.2, 0) is 16.1 Å². The molecule has 3 heterocycles. The smallest absolute Gasteiger partial charge is 0.262 e. The van der Waals surface area contributed by atoms with E-state index in [0.717, 1.165) is 16.7 Å². The molecule has 3 N–H and O–H groups in total. The summed E-state index contributed by atoms with van der Waals surface area (Å²) in [6.45, 7) is 1.86. The van der Waals surface area contributed by atoms with Gasteiger partial charge in [-0.3, -0.25) is 9.69 Å². The molecule has 0 saturated carbocycles. The monoisotopic (exact) mass is 465 g/mol. The molecule has 2 aliphatic rings. The molecular formula is C20H18F3N5O3S. The van der Waals surface area contributed by atoms with Crippen LogP contribution in [0.5, 0.6) is 5.75 Å². The van der Waals surface area contributed by atoms with Crippen LogP contribution in [0, 0.1) is 5.82 Å². The molecule has 0 spiro atoms. The van der Waals surface area contributed by atoms with E-state index in [0.29, 0.717) is 11.4 Å². The van der Waals surface area contributed by atoms with Gasteiger partial charge in [0.05, 0.1) is 17.8 Å². The molecule has 2 aromatic rings. The van der Waals surface area contributed by atoms with E-state index in [9.17, 15) is 18.4 Å². The SMILES string of the molecule is C[C@H](Nc1ccc2c(c1F)OCCn1cc(N3C(=C=O)SC=C[C@H]3C(F)F)nc1-2)C(N)=O. The highest BCUT2D eigenvalue weighted by Crippen LogP contribution is 2.40. The number of imidazole rings is 1. The number of rotatable bonds is 5. The largest absolute Gasteiger partial charge is 0.488 e. The second kappa shape index (κ2) is 8.64. The number of ether oxygens (including phenoxy) is 1. The molecule has 8 nitrogen and oxygen atoms in total. The van der Waals surface area contributed by atoms with Crippen LogP contribution in [0.2, 0.25) is 0 Å². The van der Waals surface area contributed by atoms with Crippen LogP contribution in [-0.4, -0.2) is 46.5 Å². The normalized spacial score (nSPS) is 18.3. The molecule has 0 bridgehead atoms.